The van der Waals surface area contributed by atoms with E-state index in [-0.39, 0.29) is 0 Å². The second-order valence-corrected chi connectivity index (χ2v) is 1.39. The Kier molecular flexibility index (Phi) is 0.493. The highest BCUT2D eigenvalue weighted by molar-refractivity contribution is 4.86. The second kappa shape index (κ2) is 0.737. The maximum Gasteiger partial charge on any atom is 0.212 e. The highest BCUT2D eigenvalue weighted by Crippen LogP contribution is 2.17. The van der Waals surface area contributed by atoms with Crippen molar-refractivity contribution in [3.05, 3.63) is 0 Å². The van der Waals surface area contributed by atoms with Crippen LogP contribution in [0.5, 0.6) is 0 Å². The van der Waals surface area contributed by atoms with Crippen LogP contribution in [0.4, 0.5) is 0 Å². The van der Waals surface area contributed by atoms with Crippen LogP contribution in [-0.2, 0) is 4.74 Å². The molecular formula is C2H7N3O. The Morgan fingerprint density at radius 1 is 1.50 bits per heavy atom. The van der Waals surface area contributed by atoms with Crippen molar-refractivity contribution in [3.63, 3.8) is 0 Å². The zero-order valence-corrected chi connectivity index (χ0v) is 3.22. The average molecular weight is 89.1 g/mol. The number of hydrogen-bond donors (Lipinski definition) is 3. The minimum atomic E-state index is -1.01. The van der Waals surface area contributed by atoms with E-state index in [0.717, 1.165) is 0 Å². The molecule has 1 saturated heterocycles. The molecule has 1 heterocycles. The third kappa shape index (κ3) is 0.396. The van der Waals surface area contributed by atoms with Gasteiger partial charge in [0.15, 0.2) is 6.23 Å². The minimum Gasteiger partial charge on any atom is -0.320 e. The first-order valence-electron chi connectivity index (χ1n) is 1.64. The van der Waals surface area contributed by atoms with Crippen molar-refractivity contribution >= 4 is 0 Å². The van der Waals surface area contributed by atoms with E-state index in [4.69, 9.17) is 17.2 Å². The summed E-state index contributed by atoms with van der Waals surface area (Å²) in [6.45, 7) is 0. The van der Waals surface area contributed by atoms with Gasteiger partial charge in [-0.15, -0.1) is 0 Å². The Balaban J connectivity index is 2.41. The summed E-state index contributed by atoms with van der Waals surface area (Å²) in [5.41, 5.74) is 15.1. The predicted molar refractivity (Wildman–Crippen MR) is 20.2 cm³/mol. The molecule has 0 radical (unpaired) electrons. The zero-order valence-electron chi connectivity index (χ0n) is 3.22. The average Bonchev–Trinajstić information content (AvgIpc) is 1.73. The van der Waals surface area contributed by atoms with Crippen molar-refractivity contribution in [2.45, 2.75) is 12.1 Å². The normalized spacial score (nSPS) is 39.5. The van der Waals surface area contributed by atoms with Crippen LogP contribution in [0.2, 0.25) is 0 Å². The predicted octanol–water partition coefficient (Wildman–Crippen LogP) is -2.13. The molecule has 1 atom stereocenters. The number of hydrogen-bond acceptors (Lipinski definition) is 4. The molecule has 0 aromatic heterocycles. The van der Waals surface area contributed by atoms with Gasteiger partial charge in [-0.1, -0.05) is 0 Å². The fourth-order valence-electron chi connectivity index (χ4n) is 0.186. The summed E-state index contributed by atoms with van der Waals surface area (Å²) in [6.07, 6.45) is -0.447. The Labute approximate surface area is 35.2 Å². The van der Waals surface area contributed by atoms with E-state index in [2.05, 4.69) is 4.74 Å². The summed E-state index contributed by atoms with van der Waals surface area (Å²) in [7, 11) is 0. The van der Waals surface area contributed by atoms with Crippen LogP contribution in [0.1, 0.15) is 0 Å². The molecule has 36 valence electrons. The van der Waals surface area contributed by atoms with Gasteiger partial charge in [-0.25, -0.2) is 0 Å². The Morgan fingerprint density at radius 2 is 1.67 bits per heavy atom. The molecular weight excluding hydrogens is 82.0 g/mol. The van der Waals surface area contributed by atoms with E-state index in [0.29, 0.717) is 0 Å². The van der Waals surface area contributed by atoms with Gasteiger partial charge in [-0.2, -0.15) is 0 Å². The molecule has 0 bridgehead atoms. The Bertz CT molecular complexity index is 71.2. The van der Waals surface area contributed by atoms with E-state index in [1.807, 2.05) is 0 Å². The molecule has 1 fully saturated rings. The third-order valence-corrected chi connectivity index (χ3v) is 0.719. The maximum atomic E-state index is 5.04. The number of epoxide rings is 1. The van der Waals surface area contributed by atoms with Crippen molar-refractivity contribution in [1.29, 1.82) is 0 Å². The molecule has 0 spiro atoms. The van der Waals surface area contributed by atoms with Crippen molar-refractivity contribution in [1.82, 2.24) is 0 Å². The van der Waals surface area contributed by atoms with E-state index in [1.165, 1.54) is 0 Å². The van der Waals surface area contributed by atoms with Gasteiger partial charge in [0, 0.05) is 0 Å². The van der Waals surface area contributed by atoms with Crippen LogP contribution in [-0.4, -0.2) is 12.1 Å². The molecule has 0 saturated carbocycles. The third-order valence-electron chi connectivity index (χ3n) is 0.719. The first-order chi connectivity index (χ1) is 2.63. The number of rotatable bonds is 0. The Hall–Kier alpha value is -0.160. The van der Waals surface area contributed by atoms with Crippen LogP contribution in [0, 0.1) is 0 Å². The first-order valence-corrected chi connectivity index (χ1v) is 1.64. The monoisotopic (exact) mass is 89.1 g/mol. The van der Waals surface area contributed by atoms with E-state index in [9.17, 15) is 0 Å². The molecule has 0 aliphatic carbocycles. The fraction of sp³-hybridized carbons (Fsp3) is 1.00. The van der Waals surface area contributed by atoms with Crippen molar-refractivity contribution < 1.29 is 4.74 Å². The highest BCUT2D eigenvalue weighted by atomic mass is 16.7. The smallest absolute Gasteiger partial charge is 0.212 e. The van der Waals surface area contributed by atoms with E-state index >= 15 is 0 Å². The number of nitrogens with two attached hydrogens (primary N) is 3. The molecule has 1 aliphatic rings. The lowest BCUT2D eigenvalue weighted by Gasteiger charge is -1.87. The molecule has 0 aromatic carbocycles. The highest BCUT2D eigenvalue weighted by Gasteiger charge is 2.47. The summed E-state index contributed by atoms with van der Waals surface area (Å²) in [6, 6.07) is 0. The van der Waals surface area contributed by atoms with Gasteiger partial charge in [0.1, 0.15) is 0 Å². The van der Waals surface area contributed by atoms with Gasteiger partial charge in [-0.05, 0) is 0 Å². The lowest BCUT2D eigenvalue weighted by atomic mass is 10.6. The molecule has 1 unspecified atom stereocenters. The zero-order chi connectivity index (χ0) is 4.78. The van der Waals surface area contributed by atoms with Gasteiger partial charge < -0.3 is 10.5 Å². The maximum absolute atomic E-state index is 5.04. The molecule has 1 aliphatic heterocycles. The second-order valence-electron chi connectivity index (χ2n) is 1.39. The summed E-state index contributed by atoms with van der Waals surface area (Å²) < 4.78 is 4.44. The van der Waals surface area contributed by atoms with Crippen LogP contribution < -0.4 is 17.2 Å². The van der Waals surface area contributed by atoms with Crippen LogP contribution in [0.25, 0.3) is 0 Å². The standard InChI is InChI=1S/C2H7N3O/c3-1-2(4,5)6-1/h1H,3-5H2. The Morgan fingerprint density at radius 3 is 1.67 bits per heavy atom. The molecule has 4 heteroatoms. The first kappa shape index (κ1) is 4.01. The van der Waals surface area contributed by atoms with Gasteiger partial charge in [0.25, 0.3) is 0 Å². The molecule has 6 heavy (non-hydrogen) atoms. The summed E-state index contributed by atoms with van der Waals surface area (Å²) in [5.74, 6) is -1.01. The minimum absolute atomic E-state index is 0.447. The van der Waals surface area contributed by atoms with Gasteiger partial charge in [0.2, 0.25) is 5.85 Å². The fourth-order valence-corrected chi connectivity index (χ4v) is 0.186. The molecule has 0 aromatic rings. The van der Waals surface area contributed by atoms with Crippen LogP contribution in [0.3, 0.4) is 0 Å². The lowest BCUT2D eigenvalue weighted by molar-refractivity contribution is 0.305. The van der Waals surface area contributed by atoms with Crippen molar-refractivity contribution in [2.24, 2.45) is 17.2 Å². The number of ether oxygens (including phenoxy) is 1. The summed E-state index contributed by atoms with van der Waals surface area (Å²) >= 11 is 0. The molecule has 1 rings (SSSR count). The lowest BCUT2D eigenvalue weighted by Crippen LogP contribution is -2.40. The van der Waals surface area contributed by atoms with Gasteiger partial charge >= 0.3 is 0 Å². The van der Waals surface area contributed by atoms with Gasteiger partial charge in [0.05, 0.1) is 0 Å². The van der Waals surface area contributed by atoms with E-state index < -0.39 is 12.1 Å². The van der Waals surface area contributed by atoms with Crippen molar-refractivity contribution in [2.75, 3.05) is 0 Å². The SMILES string of the molecule is NC1OC1(N)N. The van der Waals surface area contributed by atoms with E-state index in [1.54, 1.807) is 0 Å². The summed E-state index contributed by atoms with van der Waals surface area (Å²) in [4.78, 5) is 0. The van der Waals surface area contributed by atoms with Gasteiger partial charge in [-0.3, -0.25) is 11.5 Å². The topological polar surface area (TPSA) is 90.6 Å². The summed E-state index contributed by atoms with van der Waals surface area (Å²) in [5, 5.41) is 0. The molecule has 6 N–H and O–H groups in total. The molecule has 4 nitrogen and oxygen atoms in total. The largest absolute Gasteiger partial charge is 0.320 e. The quantitative estimate of drug-likeness (QED) is 0.233. The van der Waals surface area contributed by atoms with Crippen LogP contribution in [0.15, 0.2) is 0 Å². The molecule has 0 amide bonds. The van der Waals surface area contributed by atoms with Crippen molar-refractivity contribution in [3.8, 4) is 0 Å². The van der Waals surface area contributed by atoms with Crippen LogP contribution >= 0.6 is 0 Å².